The van der Waals surface area contributed by atoms with E-state index in [4.69, 9.17) is 5.73 Å². The predicted molar refractivity (Wildman–Crippen MR) is 83.5 cm³/mol. The topological polar surface area (TPSA) is 68.0 Å². The lowest BCUT2D eigenvalue weighted by Crippen LogP contribution is -2.46. The highest BCUT2D eigenvalue weighted by Crippen LogP contribution is 2.26. The molecule has 0 radical (unpaired) electrons. The second-order valence-corrected chi connectivity index (χ2v) is 5.31. The number of amides is 1. The molecule has 0 bridgehead atoms. The van der Waals surface area contributed by atoms with Crippen LogP contribution in [0.3, 0.4) is 0 Å². The minimum Gasteiger partial charge on any atom is -0.346 e. The Morgan fingerprint density at radius 3 is 2.63 bits per heavy atom. The van der Waals surface area contributed by atoms with Crippen molar-refractivity contribution in [3.8, 4) is 0 Å². The molecule has 0 spiro atoms. The summed E-state index contributed by atoms with van der Waals surface area (Å²) in [5.74, 6) is 0.448. The Labute approximate surface area is 130 Å². The van der Waals surface area contributed by atoms with Crippen LogP contribution in [0.2, 0.25) is 0 Å². The molecule has 2 rings (SSSR count). The second kappa shape index (κ2) is 9.53. The molecule has 0 aromatic carbocycles. The van der Waals surface area contributed by atoms with E-state index in [0.717, 1.165) is 0 Å². The molecule has 1 atom stereocenters. The van der Waals surface area contributed by atoms with Gasteiger partial charge in [0, 0.05) is 18.0 Å². The van der Waals surface area contributed by atoms with Gasteiger partial charge in [-0.15, -0.1) is 36.2 Å². The second-order valence-electron chi connectivity index (χ2n) is 4.59. The lowest BCUT2D eigenvalue weighted by molar-refractivity contribution is 0.0911. The molecule has 19 heavy (non-hydrogen) atoms. The van der Waals surface area contributed by atoms with E-state index in [2.05, 4.69) is 10.3 Å². The Morgan fingerprint density at radius 2 is 2.11 bits per heavy atom. The van der Waals surface area contributed by atoms with Crippen molar-refractivity contribution in [3.63, 3.8) is 0 Å². The molecule has 1 aromatic rings. The van der Waals surface area contributed by atoms with Crippen LogP contribution in [-0.2, 0) is 0 Å². The first-order valence-electron chi connectivity index (χ1n) is 6.20. The molecule has 1 aliphatic rings. The number of rotatable bonds is 4. The van der Waals surface area contributed by atoms with Crippen molar-refractivity contribution in [2.75, 3.05) is 6.54 Å². The van der Waals surface area contributed by atoms with Gasteiger partial charge in [0.2, 0.25) is 0 Å². The van der Waals surface area contributed by atoms with Crippen LogP contribution in [0.25, 0.3) is 0 Å². The summed E-state index contributed by atoms with van der Waals surface area (Å²) in [7, 11) is 0. The minimum atomic E-state index is -0.0905. The summed E-state index contributed by atoms with van der Waals surface area (Å²) >= 11 is 1.43. The molecule has 1 saturated carbocycles. The Balaban J connectivity index is 0.00000162. The summed E-state index contributed by atoms with van der Waals surface area (Å²) < 4.78 is 0. The number of thiazole rings is 1. The van der Waals surface area contributed by atoms with Crippen molar-refractivity contribution >= 4 is 42.1 Å². The molecule has 1 heterocycles. The molecule has 110 valence electrons. The third-order valence-corrected chi connectivity index (χ3v) is 4.04. The van der Waals surface area contributed by atoms with Crippen molar-refractivity contribution in [3.05, 3.63) is 16.6 Å². The molecule has 1 unspecified atom stereocenters. The smallest absolute Gasteiger partial charge is 0.271 e. The van der Waals surface area contributed by atoms with E-state index < -0.39 is 0 Å². The SMILES string of the molecule is Cl.Cl.NCC(NC(=O)c1cscn1)C1CCCCC1. The van der Waals surface area contributed by atoms with Crippen LogP contribution < -0.4 is 11.1 Å². The molecule has 1 fully saturated rings. The number of hydrogen-bond donors (Lipinski definition) is 2. The average molecular weight is 326 g/mol. The van der Waals surface area contributed by atoms with Crippen LogP contribution in [0, 0.1) is 5.92 Å². The largest absolute Gasteiger partial charge is 0.346 e. The summed E-state index contributed by atoms with van der Waals surface area (Å²) in [5, 5.41) is 4.79. The van der Waals surface area contributed by atoms with Gasteiger partial charge >= 0.3 is 0 Å². The Kier molecular flexibility index (Phi) is 9.35. The number of nitrogens with one attached hydrogen (secondary N) is 1. The maximum Gasteiger partial charge on any atom is 0.271 e. The van der Waals surface area contributed by atoms with Crippen molar-refractivity contribution in [2.45, 2.75) is 38.1 Å². The predicted octanol–water partition coefficient (Wildman–Crippen LogP) is 2.62. The fourth-order valence-corrected chi connectivity index (χ4v) is 3.00. The van der Waals surface area contributed by atoms with Crippen molar-refractivity contribution in [2.24, 2.45) is 11.7 Å². The summed E-state index contributed by atoms with van der Waals surface area (Å²) in [5.41, 5.74) is 7.95. The maximum absolute atomic E-state index is 11.9. The Bertz CT molecular complexity index is 356. The van der Waals surface area contributed by atoms with Crippen LogP contribution in [0.1, 0.15) is 42.6 Å². The number of carbonyl (C=O) groups excluding carboxylic acids is 1. The number of nitrogens with two attached hydrogens (primary N) is 1. The lowest BCUT2D eigenvalue weighted by Gasteiger charge is -2.29. The lowest BCUT2D eigenvalue weighted by atomic mass is 9.84. The van der Waals surface area contributed by atoms with E-state index in [9.17, 15) is 4.79 Å². The summed E-state index contributed by atoms with van der Waals surface area (Å²) in [6, 6.07) is 0.101. The van der Waals surface area contributed by atoms with Crippen molar-refractivity contribution < 1.29 is 4.79 Å². The number of hydrogen-bond acceptors (Lipinski definition) is 4. The zero-order chi connectivity index (χ0) is 12.1. The third-order valence-electron chi connectivity index (χ3n) is 3.45. The first-order valence-corrected chi connectivity index (χ1v) is 7.14. The Morgan fingerprint density at radius 1 is 1.42 bits per heavy atom. The molecule has 0 saturated heterocycles. The standard InChI is InChI=1S/C12H19N3OS.2ClH/c13-6-10(9-4-2-1-3-5-9)15-12(16)11-7-17-8-14-11;;/h7-10H,1-6,13H2,(H,15,16);2*1H. The number of halogens is 2. The molecule has 1 amide bonds. The number of aromatic nitrogens is 1. The van der Waals surface area contributed by atoms with Crippen LogP contribution in [-0.4, -0.2) is 23.5 Å². The van der Waals surface area contributed by atoms with Gasteiger partial charge in [-0.3, -0.25) is 4.79 Å². The summed E-state index contributed by atoms with van der Waals surface area (Å²) in [6.45, 7) is 0.514. The van der Waals surface area contributed by atoms with Gasteiger partial charge in [-0.25, -0.2) is 4.98 Å². The Hall–Kier alpha value is -0.360. The average Bonchev–Trinajstić information content (AvgIpc) is 2.90. The third kappa shape index (κ3) is 5.26. The quantitative estimate of drug-likeness (QED) is 0.894. The highest BCUT2D eigenvalue weighted by molar-refractivity contribution is 7.07. The molecule has 7 heteroatoms. The molecule has 1 aliphatic carbocycles. The van der Waals surface area contributed by atoms with E-state index in [-0.39, 0.29) is 36.8 Å². The van der Waals surface area contributed by atoms with Gasteiger partial charge in [0.1, 0.15) is 5.69 Å². The normalized spacial score (nSPS) is 16.9. The van der Waals surface area contributed by atoms with Gasteiger partial charge in [0.05, 0.1) is 5.51 Å². The number of carbonyl (C=O) groups is 1. The molecular weight excluding hydrogens is 305 g/mol. The van der Waals surface area contributed by atoms with Gasteiger partial charge in [0.15, 0.2) is 0 Å². The first-order chi connectivity index (χ1) is 8.31. The molecule has 3 N–H and O–H groups in total. The van der Waals surface area contributed by atoms with E-state index in [1.807, 2.05) is 0 Å². The van der Waals surface area contributed by atoms with E-state index >= 15 is 0 Å². The highest BCUT2D eigenvalue weighted by Gasteiger charge is 2.24. The monoisotopic (exact) mass is 325 g/mol. The fraction of sp³-hybridized carbons (Fsp3) is 0.667. The van der Waals surface area contributed by atoms with Gasteiger partial charge < -0.3 is 11.1 Å². The summed E-state index contributed by atoms with van der Waals surface area (Å²) in [6.07, 6.45) is 6.19. The van der Waals surface area contributed by atoms with E-state index in [1.54, 1.807) is 10.9 Å². The van der Waals surface area contributed by atoms with Gasteiger partial charge in [0.25, 0.3) is 5.91 Å². The van der Waals surface area contributed by atoms with Crippen LogP contribution in [0.4, 0.5) is 0 Å². The summed E-state index contributed by atoms with van der Waals surface area (Å²) in [4.78, 5) is 15.9. The van der Waals surface area contributed by atoms with E-state index in [1.165, 1.54) is 43.4 Å². The van der Waals surface area contributed by atoms with Crippen molar-refractivity contribution in [1.29, 1.82) is 0 Å². The molecule has 0 aliphatic heterocycles. The first kappa shape index (κ1) is 18.6. The van der Waals surface area contributed by atoms with Crippen LogP contribution in [0.5, 0.6) is 0 Å². The number of nitrogens with zero attached hydrogens (tertiary/aromatic N) is 1. The zero-order valence-corrected chi connectivity index (χ0v) is 13.2. The van der Waals surface area contributed by atoms with Crippen LogP contribution in [0.15, 0.2) is 10.9 Å². The van der Waals surface area contributed by atoms with E-state index in [0.29, 0.717) is 18.2 Å². The van der Waals surface area contributed by atoms with Gasteiger partial charge in [-0.05, 0) is 18.8 Å². The highest BCUT2D eigenvalue weighted by atomic mass is 35.5. The maximum atomic E-state index is 11.9. The van der Waals surface area contributed by atoms with Crippen molar-refractivity contribution in [1.82, 2.24) is 10.3 Å². The molecule has 1 aromatic heterocycles. The van der Waals surface area contributed by atoms with Gasteiger partial charge in [-0.2, -0.15) is 0 Å². The van der Waals surface area contributed by atoms with Crippen LogP contribution >= 0.6 is 36.2 Å². The molecular formula is C12H21Cl2N3OS. The minimum absolute atomic E-state index is 0. The molecule has 4 nitrogen and oxygen atoms in total. The fourth-order valence-electron chi connectivity index (χ4n) is 2.47. The van der Waals surface area contributed by atoms with Gasteiger partial charge in [-0.1, -0.05) is 19.3 Å². The zero-order valence-electron chi connectivity index (χ0n) is 10.7.